The molecule has 0 spiro atoms. The highest BCUT2D eigenvalue weighted by atomic mass is 32.2. The number of nitrogens with one attached hydrogen (secondary N) is 1. The molecule has 5 heteroatoms. The Bertz CT molecular complexity index is 595. The van der Waals surface area contributed by atoms with Crippen molar-refractivity contribution in [3.8, 4) is 0 Å². The second-order valence-electron chi connectivity index (χ2n) is 5.91. The van der Waals surface area contributed by atoms with Gasteiger partial charge in [0.2, 0.25) is 0 Å². The first kappa shape index (κ1) is 14.5. The van der Waals surface area contributed by atoms with Crippen molar-refractivity contribution in [1.29, 1.82) is 0 Å². The smallest absolute Gasteiger partial charge is 0.178 e. The first-order chi connectivity index (χ1) is 8.67. The highest BCUT2D eigenvalue weighted by Gasteiger charge is 2.47. The second-order valence-corrected chi connectivity index (χ2v) is 7.90. The van der Waals surface area contributed by atoms with E-state index in [1.165, 1.54) is 12.1 Å². The van der Waals surface area contributed by atoms with Crippen LogP contribution in [0.3, 0.4) is 0 Å². The lowest BCUT2D eigenvalue weighted by atomic mass is 9.56. The molecule has 0 saturated heterocycles. The van der Waals surface area contributed by atoms with E-state index in [9.17, 15) is 12.8 Å². The molecule has 1 aromatic rings. The van der Waals surface area contributed by atoms with E-state index in [4.69, 9.17) is 0 Å². The van der Waals surface area contributed by atoms with Crippen LogP contribution in [0.1, 0.15) is 31.7 Å². The highest BCUT2D eigenvalue weighted by molar-refractivity contribution is 7.90. The number of hydrogen-bond acceptors (Lipinski definition) is 3. The summed E-state index contributed by atoms with van der Waals surface area (Å²) in [5.41, 5.74) is 0.926. The maximum Gasteiger partial charge on any atom is 0.178 e. The van der Waals surface area contributed by atoms with Crippen molar-refractivity contribution in [3.05, 3.63) is 29.6 Å². The zero-order chi connectivity index (χ0) is 14.4. The van der Waals surface area contributed by atoms with E-state index in [0.717, 1.165) is 18.2 Å². The Balaban J connectivity index is 2.33. The third kappa shape index (κ3) is 2.41. The molecule has 2 atom stereocenters. The summed E-state index contributed by atoms with van der Waals surface area (Å²) < 4.78 is 36.7. The summed E-state index contributed by atoms with van der Waals surface area (Å²) in [5, 5.41) is 3.25. The van der Waals surface area contributed by atoms with Gasteiger partial charge in [-0.05, 0) is 42.5 Å². The molecule has 0 radical (unpaired) electrons. The van der Waals surface area contributed by atoms with Gasteiger partial charge >= 0.3 is 0 Å². The van der Waals surface area contributed by atoms with Gasteiger partial charge in [-0.3, -0.25) is 0 Å². The number of sulfone groups is 1. The molecule has 1 fully saturated rings. The first-order valence-electron chi connectivity index (χ1n) is 6.34. The van der Waals surface area contributed by atoms with Gasteiger partial charge < -0.3 is 5.32 Å². The van der Waals surface area contributed by atoms with Crippen molar-refractivity contribution in [3.63, 3.8) is 0 Å². The lowest BCUT2D eigenvalue weighted by molar-refractivity contribution is 0.0749. The third-order valence-corrected chi connectivity index (χ3v) is 5.50. The van der Waals surface area contributed by atoms with E-state index in [-0.39, 0.29) is 16.2 Å². The fourth-order valence-electron chi connectivity index (χ4n) is 3.02. The Morgan fingerprint density at radius 1 is 1.37 bits per heavy atom. The molecule has 3 nitrogen and oxygen atoms in total. The Morgan fingerprint density at radius 2 is 2.00 bits per heavy atom. The van der Waals surface area contributed by atoms with Gasteiger partial charge in [-0.15, -0.1) is 0 Å². The number of halogens is 1. The number of benzene rings is 1. The molecule has 0 aliphatic heterocycles. The van der Waals surface area contributed by atoms with Crippen LogP contribution in [-0.4, -0.2) is 27.8 Å². The van der Waals surface area contributed by atoms with Crippen LogP contribution in [0.4, 0.5) is 4.39 Å². The molecule has 1 aromatic carbocycles. The molecule has 19 heavy (non-hydrogen) atoms. The Morgan fingerprint density at radius 3 is 2.42 bits per heavy atom. The van der Waals surface area contributed by atoms with Gasteiger partial charge in [0.1, 0.15) is 10.7 Å². The summed E-state index contributed by atoms with van der Waals surface area (Å²) >= 11 is 0. The van der Waals surface area contributed by atoms with E-state index in [0.29, 0.717) is 6.04 Å². The largest absolute Gasteiger partial charge is 0.316 e. The minimum Gasteiger partial charge on any atom is -0.316 e. The molecule has 1 N–H and O–H groups in total. The van der Waals surface area contributed by atoms with Crippen molar-refractivity contribution in [1.82, 2.24) is 5.32 Å². The van der Waals surface area contributed by atoms with E-state index in [2.05, 4.69) is 19.2 Å². The summed E-state index contributed by atoms with van der Waals surface area (Å²) in [7, 11) is -1.57. The van der Waals surface area contributed by atoms with Crippen molar-refractivity contribution in [2.24, 2.45) is 5.41 Å². The average molecular weight is 285 g/mol. The number of rotatable bonds is 3. The van der Waals surface area contributed by atoms with Crippen molar-refractivity contribution >= 4 is 9.84 Å². The fourth-order valence-corrected chi connectivity index (χ4v) is 3.74. The molecule has 0 amide bonds. The highest BCUT2D eigenvalue weighted by Crippen LogP contribution is 2.52. The van der Waals surface area contributed by atoms with Crippen LogP contribution in [0.2, 0.25) is 0 Å². The number of hydrogen-bond donors (Lipinski definition) is 1. The van der Waals surface area contributed by atoms with Crippen molar-refractivity contribution in [2.75, 3.05) is 13.3 Å². The lowest BCUT2D eigenvalue weighted by Gasteiger charge is -2.52. The Labute approximate surface area is 114 Å². The van der Waals surface area contributed by atoms with Crippen molar-refractivity contribution in [2.45, 2.75) is 37.1 Å². The summed E-state index contributed by atoms with van der Waals surface area (Å²) in [6, 6.07) is 4.89. The molecule has 1 saturated carbocycles. The second kappa shape index (κ2) is 4.56. The zero-order valence-corrected chi connectivity index (χ0v) is 12.5. The average Bonchev–Trinajstić information content (AvgIpc) is 2.26. The van der Waals surface area contributed by atoms with Gasteiger partial charge in [0.05, 0.1) is 0 Å². The van der Waals surface area contributed by atoms with E-state index < -0.39 is 15.7 Å². The summed E-state index contributed by atoms with van der Waals surface area (Å²) in [6.45, 7) is 4.29. The first-order valence-corrected chi connectivity index (χ1v) is 8.24. The minimum absolute atomic E-state index is 0.0494. The van der Waals surface area contributed by atoms with Gasteiger partial charge in [-0.1, -0.05) is 19.9 Å². The monoisotopic (exact) mass is 285 g/mol. The molecular weight excluding hydrogens is 265 g/mol. The predicted octanol–water partition coefficient (Wildman–Crippen LogP) is 2.33. The van der Waals surface area contributed by atoms with Gasteiger partial charge in [0.15, 0.2) is 9.84 Å². The maximum atomic E-state index is 13.9. The predicted molar refractivity (Wildman–Crippen MR) is 73.5 cm³/mol. The minimum atomic E-state index is -3.50. The summed E-state index contributed by atoms with van der Waals surface area (Å²) in [4.78, 5) is -0.224. The molecule has 106 valence electrons. The van der Waals surface area contributed by atoms with Crippen LogP contribution in [0.5, 0.6) is 0 Å². The van der Waals surface area contributed by atoms with Gasteiger partial charge in [0, 0.05) is 12.3 Å². The summed E-state index contributed by atoms with van der Waals surface area (Å²) in [6.07, 6.45) is 1.97. The molecule has 0 heterocycles. The standard InChI is InChI=1S/C14H20FNO2S/c1-14(2)10(8-13(14)16-3)9-5-6-12(11(15)7-9)19(4,17)18/h5-7,10,13,16H,8H2,1-4H3. The van der Waals surface area contributed by atoms with Crippen LogP contribution in [-0.2, 0) is 9.84 Å². The van der Waals surface area contributed by atoms with Crippen LogP contribution >= 0.6 is 0 Å². The fraction of sp³-hybridized carbons (Fsp3) is 0.571. The Hall–Kier alpha value is -0.940. The normalized spacial score (nSPS) is 25.9. The molecule has 0 bridgehead atoms. The van der Waals surface area contributed by atoms with Gasteiger partial charge in [0.25, 0.3) is 0 Å². The van der Waals surface area contributed by atoms with Crippen LogP contribution in [0.15, 0.2) is 23.1 Å². The zero-order valence-electron chi connectivity index (χ0n) is 11.7. The van der Waals surface area contributed by atoms with E-state index >= 15 is 0 Å². The molecule has 2 unspecified atom stereocenters. The lowest BCUT2D eigenvalue weighted by Crippen LogP contribution is -2.54. The topological polar surface area (TPSA) is 46.2 Å². The molecule has 1 aliphatic carbocycles. The SMILES string of the molecule is CNC1CC(c2ccc(S(C)(=O)=O)c(F)c2)C1(C)C. The summed E-state index contributed by atoms with van der Waals surface area (Å²) in [5.74, 6) is -0.392. The molecule has 2 rings (SSSR count). The molecular formula is C14H20FNO2S. The van der Waals surface area contributed by atoms with Gasteiger partial charge in [-0.2, -0.15) is 0 Å². The maximum absolute atomic E-state index is 13.9. The van der Waals surface area contributed by atoms with Gasteiger partial charge in [-0.25, -0.2) is 12.8 Å². The van der Waals surface area contributed by atoms with Crippen molar-refractivity contribution < 1.29 is 12.8 Å². The molecule has 1 aliphatic rings. The van der Waals surface area contributed by atoms with Crippen LogP contribution in [0.25, 0.3) is 0 Å². The van der Waals surface area contributed by atoms with Crippen LogP contribution in [0, 0.1) is 11.2 Å². The van der Waals surface area contributed by atoms with E-state index in [1.54, 1.807) is 6.07 Å². The quantitative estimate of drug-likeness (QED) is 0.927. The Kier molecular flexibility index (Phi) is 3.47. The van der Waals surface area contributed by atoms with Crippen LogP contribution < -0.4 is 5.32 Å². The third-order valence-electron chi connectivity index (χ3n) is 4.37. The molecule has 0 aromatic heterocycles. The van der Waals surface area contributed by atoms with E-state index in [1.807, 2.05) is 7.05 Å².